The summed E-state index contributed by atoms with van der Waals surface area (Å²) in [5.41, 5.74) is 2.10. The van der Waals surface area contributed by atoms with Crippen molar-refractivity contribution in [3.05, 3.63) is 60.2 Å². The van der Waals surface area contributed by atoms with Gasteiger partial charge in [0, 0.05) is 0 Å². The van der Waals surface area contributed by atoms with Crippen LogP contribution in [0.1, 0.15) is 10.8 Å². The number of oxazole rings is 1. The van der Waals surface area contributed by atoms with E-state index in [9.17, 15) is 9.90 Å². The number of benzene rings is 2. The van der Waals surface area contributed by atoms with Gasteiger partial charge >= 0.3 is 5.97 Å². The number of aliphatic carboxylic acids is 1. The Morgan fingerprint density at radius 3 is 2.50 bits per heavy atom. The first-order chi connectivity index (χ1) is 9.74. The van der Waals surface area contributed by atoms with E-state index in [1.165, 1.54) is 0 Å². The quantitative estimate of drug-likeness (QED) is 0.740. The van der Waals surface area contributed by atoms with Crippen molar-refractivity contribution in [3.63, 3.8) is 0 Å². The number of nitrogens with zero attached hydrogens (tertiary/aromatic N) is 1. The highest BCUT2D eigenvalue weighted by Gasteiger charge is 2.23. The Labute approximate surface area is 119 Å². The number of rotatable bonds is 4. The van der Waals surface area contributed by atoms with Crippen LogP contribution >= 0.6 is 11.8 Å². The zero-order valence-corrected chi connectivity index (χ0v) is 11.2. The first-order valence-electron chi connectivity index (χ1n) is 6.04. The van der Waals surface area contributed by atoms with Gasteiger partial charge in [0.2, 0.25) is 0 Å². The maximum atomic E-state index is 11.4. The number of thioether (sulfide) groups is 1. The van der Waals surface area contributed by atoms with Crippen molar-refractivity contribution < 1.29 is 14.3 Å². The molecule has 1 atom stereocenters. The highest BCUT2D eigenvalue weighted by Crippen LogP contribution is 2.36. The number of carboxylic acid groups (broad SMARTS) is 1. The highest BCUT2D eigenvalue weighted by molar-refractivity contribution is 8.00. The predicted molar refractivity (Wildman–Crippen MR) is 76.7 cm³/mol. The second kappa shape index (κ2) is 5.38. The van der Waals surface area contributed by atoms with Gasteiger partial charge < -0.3 is 9.52 Å². The lowest BCUT2D eigenvalue weighted by molar-refractivity contribution is -0.136. The maximum absolute atomic E-state index is 11.4. The summed E-state index contributed by atoms with van der Waals surface area (Å²) in [5, 5.41) is 9.00. The lowest BCUT2D eigenvalue weighted by Gasteiger charge is -2.09. The highest BCUT2D eigenvalue weighted by atomic mass is 32.2. The van der Waals surface area contributed by atoms with Crippen molar-refractivity contribution in [1.82, 2.24) is 4.98 Å². The molecule has 3 aromatic rings. The molecule has 0 aliphatic carbocycles. The SMILES string of the molecule is O=C(O)[C@@H](Sc1nc2ccccc2o1)c1ccccc1. The van der Waals surface area contributed by atoms with Crippen LogP contribution in [0, 0.1) is 0 Å². The maximum Gasteiger partial charge on any atom is 0.321 e. The Bertz CT molecular complexity index is 706. The van der Waals surface area contributed by atoms with Gasteiger partial charge in [-0.25, -0.2) is 4.98 Å². The molecule has 1 aromatic heterocycles. The van der Waals surface area contributed by atoms with E-state index in [1.807, 2.05) is 42.5 Å². The van der Waals surface area contributed by atoms with Gasteiger partial charge in [0.15, 0.2) is 5.58 Å². The van der Waals surface area contributed by atoms with Crippen LogP contribution < -0.4 is 0 Å². The van der Waals surface area contributed by atoms with Crippen molar-refractivity contribution >= 4 is 28.8 Å². The van der Waals surface area contributed by atoms with E-state index in [4.69, 9.17) is 4.42 Å². The molecule has 0 spiro atoms. The van der Waals surface area contributed by atoms with E-state index in [2.05, 4.69) is 4.98 Å². The first kappa shape index (κ1) is 12.7. The van der Waals surface area contributed by atoms with Gasteiger partial charge in [-0.15, -0.1) is 0 Å². The largest absolute Gasteiger partial charge is 0.480 e. The monoisotopic (exact) mass is 285 g/mol. The van der Waals surface area contributed by atoms with Crippen LogP contribution in [0.3, 0.4) is 0 Å². The second-order valence-corrected chi connectivity index (χ2v) is 5.25. The average molecular weight is 285 g/mol. The van der Waals surface area contributed by atoms with Crippen LogP contribution in [0.25, 0.3) is 11.1 Å². The van der Waals surface area contributed by atoms with Crippen molar-refractivity contribution in [2.45, 2.75) is 10.5 Å². The standard InChI is InChI=1S/C15H11NO3S/c17-14(18)13(10-6-2-1-3-7-10)20-15-16-11-8-4-5-9-12(11)19-15/h1-9,13H,(H,17,18)/t13-/m0/s1. The minimum atomic E-state index is -0.913. The third-order valence-electron chi connectivity index (χ3n) is 2.82. The van der Waals surface area contributed by atoms with Gasteiger partial charge in [-0.05, 0) is 29.5 Å². The van der Waals surface area contributed by atoms with E-state index in [1.54, 1.807) is 12.1 Å². The van der Waals surface area contributed by atoms with Crippen LogP contribution in [0.5, 0.6) is 0 Å². The van der Waals surface area contributed by atoms with Crippen LogP contribution in [-0.2, 0) is 4.79 Å². The topological polar surface area (TPSA) is 63.3 Å². The number of carbonyl (C=O) groups is 1. The lowest BCUT2D eigenvalue weighted by Crippen LogP contribution is -2.07. The summed E-state index contributed by atoms with van der Waals surface area (Å²) >= 11 is 1.10. The summed E-state index contributed by atoms with van der Waals surface area (Å²) in [6.07, 6.45) is 0. The normalized spacial score (nSPS) is 12.4. The van der Waals surface area contributed by atoms with Crippen LogP contribution in [0.4, 0.5) is 0 Å². The Morgan fingerprint density at radius 1 is 1.10 bits per heavy atom. The van der Waals surface area contributed by atoms with Crippen molar-refractivity contribution in [3.8, 4) is 0 Å². The summed E-state index contributed by atoms with van der Waals surface area (Å²) in [7, 11) is 0. The molecule has 0 fully saturated rings. The fourth-order valence-corrected chi connectivity index (χ4v) is 2.78. The molecule has 3 rings (SSSR count). The zero-order valence-electron chi connectivity index (χ0n) is 10.4. The van der Waals surface area contributed by atoms with Crippen LogP contribution in [0.2, 0.25) is 0 Å². The van der Waals surface area contributed by atoms with E-state index < -0.39 is 11.2 Å². The van der Waals surface area contributed by atoms with Crippen LogP contribution in [-0.4, -0.2) is 16.1 Å². The minimum absolute atomic E-state index is 0.363. The number of para-hydroxylation sites is 2. The molecule has 0 bridgehead atoms. The van der Waals surface area contributed by atoms with Gasteiger partial charge in [0.05, 0.1) is 0 Å². The Morgan fingerprint density at radius 2 is 1.80 bits per heavy atom. The molecule has 0 saturated carbocycles. The third kappa shape index (κ3) is 2.53. The number of aromatic nitrogens is 1. The van der Waals surface area contributed by atoms with Crippen molar-refractivity contribution in [1.29, 1.82) is 0 Å². The predicted octanol–water partition coefficient (Wildman–Crippen LogP) is 3.75. The Kier molecular flexibility index (Phi) is 3.43. The fraction of sp³-hybridized carbons (Fsp3) is 0.0667. The zero-order chi connectivity index (χ0) is 13.9. The molecular formula is C15H11NO3S. The molecule has 0 radical (unpaired) electrons. The molecule has 0 saturated heterocycles. The van der Waals surface area contributed by atoms with E-state index in [-0.39, 0.29) is 0 Å². The van der Waals surface area contributed by atoms with E-state index >= 15 is 0 Å². The van der Waals surface area contributed by atoms with Gasteiger partial charge in [-0.3, -0.25) is 4.79 Å². The van der Waals surface area contributed by atoms with E-state index in [0.717, 1.165) is 17.3 Å². The first-order valence-corrected chi connectivity index (χ1v) is 6.92. The fourth-order valence-electron chi connectivity index (χ4n) is 1.89. The number of fused-ring (bicyclic) bond motifs is 1. The summed E-state index contributed by atoms with van der Waals surface area (Å²) < 4.78 is 5.56. The van der Waals surface area contributed by atoms with Gasteiger partial charge in [0.25, 0.3) is 5.22 Å². The lowest BCUT2D eigenvalue weighted by atomic mass is 10.1. The van der Waals surface area contributed by atoms with Gasteiger partial charge in [-0.2, -0.15) is 0 Å². The molecule has 1 heterocycles. The van der Waals surface area contributed by atoms with E-state index in [0.29, 0.717) is 16.4 Å². The smallest absolute Gasteiger partial charge is 0.321 e. The Hall–Kier alpha value is -2.27. The molecule has 0 aliphatic heterocycles. The minimum Gasteiger partial charge on any atom is -0.480 e. The van der Waals surface area contributed by atoms with Gasteiger partial charge in [0.1, 0.15) is 10.8 Å². The molecule has 20 heavy (non-hydrogen) atoms. The molecule has 2 aromatic carbocycles. The molecule has 1 N–H and O–H groups in total. The molecule has 0 unspecified atom stereocenters. The summed E-state index contributed by atoms with van der Waals surface area (Å²) in [5.74, 6) is -0.913. The molecule has 0 amide bonds. The Balaban J connectivity index is 1.92. The molecule has 100 valence electrons. The van der Waals surface area contributed by atoms with Crippen LogP contribution in [0.15, 0.2) is 64.2 Å². The average Bonchev–Trinajstić information content (AvgIpc) is 2.88. The number of hydrogen-bond acceptors (Lipinski definition) is 4. The third-order valence-corrected chi connectivity index (χ3v) is 3.91. The molecular weight excluding hydrogens is 274 g/mol. The van der Waals surface area contributed by atoms with Crippen molar-refractivity contribution in [2.24, 2.45) is 0 Å². The van der Waals surface area contributed by atoms with Gasteiger partial charge in [-0.1, -0.05) is 42.5 Å². The second-order valence-electron chi connectivity index (χ2n) is 4.19. The number of carboxylic acids is 1. The molecule has 4 nitrogen and oxygen atoms in total. The summed E-state index contributed by atoms with van der Waals surface area (Å²) in [6.45, 7) is 0. The van der Waals surface area contributed by atoms with Crippen molar-refractivity contribution in [2.75, 3.05) is 0 Å². The molecule has 5 heteroatoms. The summed E-state index contributed by atoms with van der Waals surface area (Å²) in [6, 6.07) is 16.4. The number of hydrogen-bond donors (Lipinski definition) is 1. The summed E-state index contributed by atoms with van der Waals surface area (Å²) in [4.78, 5) is 15.7. The molecule has 0 aliphatic rings.